The van der Waals surface area contributed by atoms with Gasteiger partial charge >= 0.3 is 0 Å². The average molecular weight is 329 g/mol. The maximum Gasteiger partial charge on any atom is -0.0135 e. The molecule has 1 saturated carbocycles. The van der Waals surface area contributed by atoms with E-state index in [0.717, 1.165) is 24.2 Å². The van der Waals surface area contributed by atoms with Crippen LogP contribution in [0.1, 0.15) is 86.5 Å². The lowest BCUT2D eigenvalue weighted by atomic mass is 9.67. The van der Waals surface area contributed by atoms with Gasteiger partial charge in [0.2, 0.25) is 0 Å². The second kappa shape index (κ2) is 10.7. The van der Waals surface area contributed by atoms with Crippen LogP contribution in [-0.4, -0.2) is 0 Å². The second-order valence-corrected chi connectivity index (χ2v) is 8.14. The standard InChI is InChI=1S/C24H40/c1-8-10-11-12-22-16-23(17-22)24(21(7)18(3)4)14-13-20(6)15-19(5)9-2/h8,10,14,19,22-23H,6,9,11-13,15-17H2,1-5,7H3. The van der Waals surface area contributed by atoms with Gasteiger partial charge in [0.1, 0.15) is 0 Å². The van der Waals surface area contributed by atoms with Crippen molar-refractivity contribution in [1.29, 1.82) is 0 Å². The molecule has 0 aromatic carbocycles. The van der Waals surface area contributed by atoms with Crippen LogP contribution >= 0.6 is 0 Å². The molecule has 1 aliphatic carbocycles. The molecule has 0 N–H and O–H groups in total. The summed E-state index contributed by atoms with van der Waals surface area (Å²) in [6.07, 6.45) is 15.8. The second-order valence-electron chi connectivity index (χ2n) is 8.14. The van der Waals surface area contributed by atoms with E-state index >= 15 is 0 Å². The lowest BCUT2D eigenvalue weighted by molar-refractivity contribution is 0.217. The minimum absolute atomic E-state index is 0.763. The third-order valence-electron chi connectivity index (χ3n) is 5.78. The largest absolute Gasteiger partial charge is 0.0995 e. The van der Waals surface area contributed by atoms with E-state index in [-0.39, 0.29) is 0 Å². The van der Waals surface area contributed by atoms with Crippen molar-refractivity contribution < 1.29 is 0 Å². The van der Waals surface area contributed by atoms with Gasteiger partial charge in [-0.25, -0.2) is 0 Å². The Bertz CT molecular complexity index is 476. The molecule has 136 valence electrons. The molecule has 1 rings (SSSR count). The van der Waals surface area contributed by atoms with Crippen LogP contribution in [-0.2, 0) is 0 Å². The van der Waals surface area contributed by atoms with Crippen LogP contribution in [0.4, 0.5) is 0 Å². The van der Waals surface area contributed by atoms with Crippen molar-refractivity contribution in [3.05, 3.63) is 47.1 Å². The summed E-state index contributed by atoms with van der Waals surface area (Å²) < 4.78 is 0. The van der Waals surface area contributed by atoms with E-state index < -0.39 is 0 Å². The Morgan fingerprint density at radius 2 is 1.88 bits per heavy atom. The van der Waals surface area contributed by atoms with Crippen molar-refractivity contribution in [1.82, 2.24) is 0 Å². The van der Waals surface area contributed by atoms with Crippen molar-refractivity contribution in [2.75, 3.05) is 0 Å². The predicted molar refractivity (Wildman–Crippen MR) is 110 cm³/mol. The smallest absolute Gasteiger partial charge is 0.0135 e. The van der Waals surface area contributed by atoms with Crippen molar-refractivity contribution in [2.45, 2.75) is 86.5 Å². The summed E-state index contributed by atoms with van der Waals surface area (Å²) in [6.45, 7) is 17.9. The summed E-state index contributed by atoms with van der Waals surface area (Å²) in [4.78, 5) is 0. The molecule has 0 bridgehead atoms. The van der Waals surface area contributed by atoms with Gasteiger partial charge in [-0.05, 0) is 95.1 Å². The van der Waals surface area contributed by atoms with Crippen LogP contribution in [0.3, 0.4) is 0 Å². The van der Waals surface area contributed by atoms with Crippen LogP contribution in [0.5, 0.6) is 0 Å². The Labute approximate surface area is 151 Å². The zero-order chi connectivity index (χ0) is 18.1. The fourth-order valence-electron chi connectivity index (χ4n) is 3.61. The first-order valence-electron chi connectivity index (χ1n) is 10.0. The first-order valence-corrected chi connectivity index (χ1v) is 10.0. The van der Waals surface area contributed by atoms with Gasteiger partial charge in [-0.2, -0.15) is 0 Å². The molecule has 0 aromatic rings. The molecule has 1 unspecified atom stereocenters. The molecule has 1 fully saturated rings. The molecule has 0 amide bonds. The van der Waals surface area contributed by atoms with Gasteiger partial charge in [-0.3, -0.25) is 0 Å². The average Bonchev–Trinajstić information content (AvgIpc) is 2.50. The van der Waals surface area contributed by atoms with Crippen LogP contribution < -0.4 is 0 Å². The first-order chi connectivity index (χ1) is 11.4. The van der Waals surface area contributed by atoms with Gasteiger partial charge in [0.05, 0.1) is 0 Å². The van der Waals surface area contributed by atoms with Gasteiger partial charge in [0, 0.05) is 0 Å². The summed E-state index contributed by atoms with van der Waals surface area (Å²) >= 11 is 0. The summed E-state index contributed by atoms with van der Waals surface area (Å²) in [5.74, 6) is 2.48. The summed E-state index contributed by atoms with van der Waals surface area (Å²) in [5, 5.41) is 0. The fraction of sp³-hybridized carbons (Fsp3) is 0.667. The molecule has 0 heterocycles. The monoisotopic (exact) mass is 328 g/mol. The van der Waals surface area contributed by atoms with Crippen molar-refractivity contribution in [3.63, 3.8) is 0 Å². The van der Waals surface area contributed by atoms with Crippen molar-refractivity contribution in [2.24, 2.45) is 17.8 Å². The number of allylic oxidation sites excluding steroid dienone is 7. The number of rotatable bonds is 10. The molecule has 0 nitrogen and oxygen atoms in total. The van der Waals surface area contributed by atoms with Crippen LogP contribution in [0.15, 0.2) is 47.1 Å². The first kappa shape index (κ1) is 21.0. The third kappa shape index (κ3) is 6.83. The number of hydrogen-bond donors (Lipinski definition) is 0. The Hall–Kier alpha value is -1.04. The van der Waals surface area contributed by atoms with E-state index in [9.17, 15) is 0 Å². The van der Waals surface area contributed by atoms with E-state index in [1.54, 1.807) is 5.57 Å². The number of hydrogen-bond acceptors (Lipinski definition) is 0. The molecule has 1 atom stereocenters. The van der Waals surface area contributed by atoms with Gasteiger partial charge < -0.3 is 0 Å². The zero-order valence-corrected chi connectivity index (χ0v) is 17.1. The highest BCUT2D eigenvalue weighted by molar-refractivity contribution is 5.36. The topological polar surface area (TPSA) is 0 Å². The SMILES string of the molecule is C=C(CC=C(C(C)=C(C)C)C1CC(CCC=CC)C1)CC(C)CC. The van der Waals surface area contributed by atoms with Crippen LogP contribution in [0.25, 0.3) is 0 Å². The minimum atomic E-state index is 0.763. The lowest BCUT2D eigenvalue weighted by Gasteiger charge is -2.38. The maximum atomic E-state index is 4.32. The summed E-state index contributed by atoms with van der Waals surface area (Å²) in [7, 11) is 0. The van der Waals surface area contributed by atoms with Crippen molar-refractivity contribution >= 4 is 0 Å². The highest BCUT2D eigenvalue weighted by Gasteiger charge is 2.31. The normalized spacial score (nSPS) is 22.3. The quantitative estimate of drug-likeness (QED) is 0.281. The molecule has 0 heteroatoms. The molecular formula is C24H40. The third-order valence-corrected chi connectivity index (χ3v) is 5.78. The van der Waals surface area contributed by atoms with E-state index in [1.807, 2.05) is 0 Å². The highest BCUT2D eigenvalue weighted by atomic mass is 14.4. The Morgan fingerprint density at radius 3 is 2.42 bits per heavy atom. The fourth-order valence-corrected chi connectivity index (χ4v) is 3.61. The molecule has 0 aromatic heterocycles. The highest BCUT2D eigenvalue weighted by Crippen LogP contribution is 2.44. The molecule has 0 radical (unpaired) electrons. The van der Waals surface area contributed by atoms with Gasteiger partial charge in [0.25, 0.3) is 0 Å². The summed E-state index contributed by atoms with van der Waals surface area (Å²) in [6, 6.07) is 0. The van der Waals surface area contributed by atoms with Gasteiger partial charge in [-0.1, -0.05) is 56.2 Å². The molecule has 24 heavy (non-hydrogen) atoms. The van der Waals surface area contributed by atoms with Crippen LogP contribution in [0, 0.1) is 17.8 Å². The molecule has 0 saturated heterocycles. The Kier molecular flexibility index (Phi) is 9.41. The van der Waals surface area contributed by atoms with Crippen LogP contribution in [0.2, 0.25) is 0 Å². The Morgan fingerprint density at radius 1 is 1.21 bits per heavy atom. The molecule has 0 spiro atoms. The van der Waals surface area contributed by atoms with Gasteiger partial charge in [0.15, 0.2) is 0 Å². The molecule has 1 aliphatic rings. The maximum absolute atomic E-state index is 4.32. The van der Waals surface area contributed by atoms with Gasteiger partial charge in [-0.15, -0.1) is 0 Å². The zero-order valence-electron chi connectivity index (χ0n) is 17.1. The lowest BCUT2D eigenvalue weighted by Crippen LogP contribution is -2.26. The predicted octanol–water partition coefficient (Wildman–Crippen LogP) is 8.03. The van der Waals surface area contributed by atoms with E-state index in [1.165, 1.54) is 55.2 Å². The molecule has 0 aliphatic heterocycles. The molecular weight excluding hydrogens is 288 g/mol. The Balaban J connectivity index is 2.65. The van der Waals surface area contributed by atoms with E-state index in [0.29, 0.717) is 0 Å². The van der Waals surface area contributed by atoms with Crippen molar-refractivity contribution in [3.8, 4) is 0 Å². The minimum Gasteiger partial charge on any atom is -0.0995 e. The van der Waals surface area contributed by atoms with E-state index in [4.69, 9.17) is 0 Å². The summed E-state index contributed by atoms with van der Waals surface area (Å²) in [5.41, 5.74) is 5.99. The van der Waals surface area contributed by atoms with E-state index in [2.05, 4.69) is 66.3 Å².